The number of quaternary nitrogens is 1. The van der Waals surface area contributed by atoms with Gasteiger partial charge in [0.2, 0.25) is 5.91 Å². The number of hydrogen-bond acceptors (Lipinski definition) is 5. The van der Waals surface area contributed by atoms with Crippen LogP contribution in [-0.4, -0.2) is 21.9 Å². The second-order valence-electron chi connectivity index (χ2n) is 3.65. The average Bonchev–Trinajstić information content (AvgIpc) is 2.72. The lowest BCUT2D eigenvalue weighted by Crippen LogP contribution is -2.56. The fourth-order valence-corrected chi connectivity index (χ4v) is 1.60. The Hall–Kier alpha value is -1.08. The molecule has 1 rings (SSSR count). The molecule has 0 aromatic carbocycles. The summed E-state index contributed by atoms with van der Waals surface area (Å²) < 4.78 is 5.39. The van der Waals surface area contributed by atoms with E-state index in [4.69, 9.17) is 10.2 Å². The minimum Gasteiger partial charge on any atom is -0.410 e. The van der Waals surface area contributed by atoms with Crippen molar-refractivity contribution in [3.8, 4) is 0 Å². The summed E-state index contributed by atoms with van der Waals surface area (Å²) in [7, 11) is 0. The number of nitrogens with zero attached hydrogens (tertiary/aromatic N) is 2. The molecule has 0 radical (unpaired) electrons. The molecule has 1 aromatic rings. The first-order chi connectivity index (χ1) is 7.54. The van der Waals surface area contributed by atoms with Gasteiger partial charge in [-0.05, 0) is 6.42 Å². The van der Waals surface area contributed by atoms with E-state index in [0.717, 1.165) is 18.2 Å². The van der Waals surface area contributed by atoms with Crippen LogP contribution < -0.4 is 11.5 Å². The highest BCUT2D eigenvalue weighted by Crippen LogP contribution is 2.22. The first-order valence-electron chi connectivity index (χ1n) is 5.12. The van der Waals surface area contributed by atoms with Crippen molar-refractivity contribution < 1.29 is 14.9 Å². The van der Waals surface area contributed by atoms with E-state index in [2.05, 4.69) is 29.8 Å². The quantitative estimate of drug-likeness (QED) is 0.684. The van der Waals surface area contributed by atoms with Crippen molar-refractivity contribution in [1.82, 2.24) is 10.2 Å². The molecule has 0 unspecified atom stereocenters. The van der Waals surface area contributed by atoms with Crippen LogP contribution in [0.5, 0.6) is 0 Å². The Labute approximate surface area is 98.2 Å². The van der Waals surface area contributed by atoms with Crippen LogP contribution in [0.2, 0.25) is 0 Å². The maximum Gasteiger partial charge on any atom is 0.277 e. The Morgan fingerprint density at radius 2 is 2.31 bits per heavy atom. The Balaban J connectivity index is 2.60. The molecule has 0 aliphatic heterocycles. The standard InChI is InChI=1S/C9H16N4O2S/c1-3-5(2)7(11)8-12-13-9(15-8)16-4-6(10)14/h5,7H,3-4,11H2,1-2H3,(H2,10,14)/p+1/t5-,7+/m1/s1. The molecule has 1 aromatic heterocycles. The van der Waals surface area contributed by atoms with Gasteiger partial charge in [-0.25, -0.2) is 0 Å². The molecule has 0 fully saturated rings. The van der Waals surface area contributed by atoms with E-state index in [-0.39, 0.29) is 11.8 Å². The number of carbonyl (C=O) groups is 1. The third-order valence-electron chi connectivity index (χ3n) is 2.41. The van der Waals surface area contributed by atoms with Gasteiger partial charge in [-0.15, -0.1) is 10.2 Å². The average molecular weight is 245 g/mol. The molecular formula is C9H17N4O2S+. The Bertz CT molecular complexity index is 355. The molecule has 1 heterocycles. The van der Waals surface area contributed by atoms with Crippen LogP contribution in [-0.2, 0) is 4.79 Å². The fourth-order valence-electron chi connectivity index (χ4n) is 1.09. The van der Waals surface area contributed by atoms with Crippen molar-refractivity contribution in [3.05, 3.63) is 5.89 Å². The molecule has 0 aliphatic carbocycles. The number of hydrogen-bond donors (Lipinski definition) is 2. The summed E-state index contributed by atoms with van der Waals surface area (Å²) in [5.74, 6) is 0.640. The van der Waals surface area contributed by atoms with E-state index >= 15 is 0 Å². The zero-order valence-electron chi connectivity index (χ0n) is 9.47. The Morgan fingerprint density at radius 1 is 1.62 bits per heavy atom. The van der Waals surface area contributed by atoms with Crippen molar-refractivity contribution >= 4 is 17.7 Å². The highest BCUT2D eigenvalue weighted by molar-refractivity contribution is 7.99. The van der Waals surface area contributed by atoms with Gasteiger partial charge in [-0.1, -0.05) is 25.6 Å². The Morgan fingerprint density at radius 3 is 2.88 bits per heavy atom. The maximum atomic E-state index is 10.6. The van der Waals surface area contributed by atoms with E-state index in [1.807, 2.05) is 0 Å². The molecular weight excluding hydrogens is 228 g/mol. The molecule has 0 saturated heterocycles. The highest BCUT2D eigenvalue weighted by Gasteiger charge is 2.23. The molecule has 0 spiro atoms. The molecule has 90 valence electrons. The summed E-state index contributed by atoms with van der Waals surface area (Å²) in [6.45, 7) is 4.17. The lowest BCUT2D eigenvalue weighted by molar-refractivity contribution is -0.444. The molecule has 16 heavy (non-hydrogen) atoms. The van der Waals surface area contributed by atoms with Crippen molar-refractivity contribution in [1.29, 1.82) is 0 Å². The first-order valence-corrected chi connectivity index (χ1v) is 6.10. The number of amides is 1. The zero-order chi connectivity index (χ0) is 12.1. The van der Waals surface area contributed by atoms with Gasteiger partial charge in [0.1, 0.15) is 0 Å². The third-order valence-corrected chi connectivity index (χ3v) is 3.25. The smallest absolute Gasteiger partial charge is 0.277 e. The summed E-state index contributed by atoms with van der Waals surface area (Å²) in [6.07, 6.45) is 1.00. The van der Waals surface area contributed by atoms with Crippen LogP contribution in [0.15, 0.2) is 9.64 Å². The predicted octanol–water partition coefficient (Wildman–Crippen LogP) is -0.0239. The largest absolute Gasteiger partial charge is 0.410 e. The number of carbonyl (C=O) groups excluding carboxylic acids is 1. The SMILES string of the molecule is CC[C@@H](C)[C@H]([NH3+])c1nnc(SCC(N)=O)o1. The van der Waals surface area contributed by atoms with Crippen molar-refractivity contribution in [2.24, 2.45) is 11.7 Å². The van der Waals surface area contributed by atoms with Gasteiger partial charge < -0.3 is 15.9 Å². The van der Waals surface area contributed by atoms with Gasteiger partial charge in [0.05, 0.1) is 5.75 Å². The van der Waals surface area contributed by atoms with Gasteiger partial charge in [0.15, 0.2) is 6.04 Å². The summed E-state index contributed by atoms with van der Waals surface area (Å²) in [6, 6.07) is -0.0135. The Kier molecular flexibility index (Phi) is 4.75. The van der Waals surface area contributed by atoms with Crippen molar-refractivity contribution in [2.45, 2.75) is 31.5 Å². The van der Waals surface area contributed by atoms with E-state index in [9.17, 15) is 4.79 Å². The van der Waals surface area contributed by atoms with E-state index in [1.54, 1.807) is 0 Å². The van der Waals surface area contributed by atoms with Gasteiger partial charge >= 0.3 is 0 Å². The predicted molar refractivity (Wildman–Crippen MR) is 59.3 cm³/mol. The minimum atomic E-state index is -0.405. The normalized spacial score (nSPS) is 14.7. The topological polar surface area (TPSA) is 110 Å². The lowest BCUT2D eigenvalue weighted by Gasteiger charge is -2.09. The van der Waals surface area contributed by atoms with Crippen LogP contribution in [0.1, 0.15) is 32.2 Å². The third kappa shape index (κ3) is 3.49. The maximum absolute atomic E-state index is 10.6. The molecule has 0 saturated carbocycles. The number of primary amides is 1. The number of nitrogens with two attached hydrogens (primary N) is 1. The zero-order valence-corrected chi connectivity index (χ0v) is 10.3. The van der Waals surface area contributed by atoms with Crippen molar-refractivity contribution in [2.75, 3.05) is 5.75 Å². The molecule has 6 nitrogen and oxygen atoms in total. The van der Waals surface area contributed by atoms with E-state index in [0.29, 0.717) is 17.0 Å². The van der Waals surface area contributed by atoms with Crippen LogP contribution in [0.25, 0.3) is 0 Å². The lowest BCUT2D eigenvalue weighted by atomic mass is 10.0. The van der Waals surface area contributed by atoms with Crippen LogP contribution in [0.4, 0.5) is 0 Å². The number of thioether (sulfide) groups is 1. The molecule has 2 atom stereocenters. The van der Waals surface area contributed by atoms with E-state index < -0.39 is 5.91 Å². The summed E-state index contributed by atoms with van der Waals surface area (Å²) in [4.78, 5) is 10.6. The number of rotatable bonds is 6. The van der Waals surface area contributed by atoms with Crippen LogP contribution in [0, 0.1) is 5.92 Å². The number of aromatic nitrogens is 2. The van der Waals surface area contributed by atoms with Crippen molar-refractivity contribution in [3.63, 3.8) is 0 Å². The second-order valence-corrected chi connectivity index (χ2v) is 4.58. The van der Waals surface area contributed by atoms with Gasteiger partial charge in [-0.2, -0.15) is 0 Å². The second kappa shape index (κ2) is 5.86. The fraction of sp³-hybridized carbons (Fsp3) is 0.667. The van der Waals surface area contributed by atoms with Crippen LogP contribution in [0.3, 0.4) is 0 Å². The van der Waals surface area contributed by atoms with E-state index in [1.165, 1.54) is 0 Å². The molecule has 0 aliphatic rings. The monoisotopic (exact) mass is 245 g/mol. The van der Waals surface area contributed by atoms with Crippen LogP contribution >= 0.6 is 11.8 Å². The van der Waals surface area contributed by atoms with Gasteiger partial charge in [0, 0.05) is 5.92 Å². The van der Waals surface area contributed by atoms with Gasteiger partial charge in [-0.3, -0.25) is 4.79 Å². The summed E-state index contributed by atoms with van der Waals surface area (Å²) in [5.41, 5.74) is 9.01. The molecule has 0 bridgehead atoms. The summed E-state index contributed by atoms with van der Waals surface area (Å²) >= 11 is 1.14. The molecule has 1 amide bonds. The first kappa shape index (κ1) is 13.0. The molecule has 5 N–H and O–H groups in total. The highest BCUT2D eigenvalue weighted by atomic mass is 32.2. The summed E-state index contributed by atoms with van der Waals surface area (Å²) in [5, 5.41) is 8.10. The molecule has 7 heteroatoms. The minimum absolute atomic E-state index is 0.0135. The van der Waals surface area contributed by atoms with Gasteiger partial charge in [0.25, 0.3) is 11.1 Å².